The number of hydrogen-bond donors (Lipinski definition) is 3. The highest BCUT2D eigenvalue weighted by molar-refractivity contribution is 9.10. The van der Waals surface area contributed by atoms with E-state index < -0.39 is 23.6 Å². The van der Waals surface area contributed by atoms with E-state index in [0.717, 1.165) is 16.6 Å². The Morgan fingerprint density at radius 1 is 0.781 bits per heavy atom. The van der Waals surface area contributed by atoms with Crippen LogP contribution in [-0.2, 0) is 6.18 Å². The van der Waals surface area contributed by atoms with Crippen LogP contribution in [0.25, 0.3) is 0 Å². The van der Waals surface area contributed by atoms with Crippen LogP contribution in [0, 0.1) is 0 Å². The number of carbonyl (C=O) groups excluding carboxylic acids is 2. The molecule has 3 rings (SSSR count). The number of nitrogens with one attached hydrogen (secondary N) is 3. The summed E-state index contributed by atoms with van der Waals surface area (Å²) in [5.41, 5.74) is 0.157. The second kappa shape index (κ2) is 9.92. The van der Waals surface area contributed by atoms with Crippen LogP contribution in [0.1, 0.15) is 26.3 Å². The highest BCUT2D eigenvalue weighted by Crippen LogP contribution is 2.30. The molecule has 3 aromatic carbocycles. The zero-order valence-corrected chi connectivity index (χ0v) is 18.6. The van der Waals surface area contributed by atoms with Gasteiger partial charge in [-0.2, -0.15) is 13.2 Å². The number of thiocarbonyl (C=S) groups is 1. The van der Waals surface area contributed by atoms with Crippen molar-refractivity contribution in [3.8, 4) is 0 Å². The van der Waals surface area contributed by atoms with Gasteiger partial charge in [0.1, 0.15) is 0 Å². The standard InChI is InChI=1S/C22H15BrF3N3O2S/c23-16-7-1-4-13(10-16)20(31)29-21(32)28-17-8-2-5-14(11-17)19(30)27-18-9-3-6-15(12-18)22(24,25)26/h1-12H,(H,27,30)(H2,28,29,31,32). The average Bonchev–Trinajstić information content (AvgIpc) is 2.73. The van der Waals surface area contributed by atoms with Crippen LogP contribution in [0.4, 0.5) is 24.5 Å². The lowest BCUT2D eigenvalue weighted by Crippen LogP contribution is -2.34. The molecule has 2 amide bonds. The largest absolute Gasteiger partial charge is 0.416 e. The van der Waals surface area contributed by atoms with Gasteiger partial charge >= 0.3 is 6.18 Å². The summed E-state index contributed by atoms with van der Waals surface area (Å²) in [7, 11) is 0. The molecular formula is C22H15BrF3N3O2S. The van der Waals surface area contributed by atoms with Gasteiger partial charge in [0.15, 0.2) is 5.11 Å². The van der Waals surface area contributed by atoms with Crippen molar-refractivity contribution in [2.45, 2.75) is 6.18 Å². The molecule has 0 spiro atoms. The van der Waals surface area contributed by atoms with E-state index in [-0.39, 0.29) is 16.4 Å². The second-order valence-electron chi connectivity index (χ2n) is 6.53. The maximum Gasteiger partial charge on any atom is 0.416 e. The van der Waals surface area contributed by atoms with Crippen molar-refractivity contribution in [2.75, 3.05) is 10.6 Å². The molecule has 164 valence electrons. The van der Waals surface area contributed by atoms with Gasteiger partial charge in [-0.15, -0.1) is 0 Å². The fraction of sp³-hybridized carbons (Fsp3) is 0.0455. The first-order valence-corrected chi connectivity index (χ1v) is 10.3. The summed E-state index contributed by atoms with van der Waals surface area (Å²) in [6, 6.07) is 17.3. The number of alkyl halides is 3. The molecule has 10 heteroatoms. The van der Waals surface area contributed by atoms with Crippen LogP contribution < -0.4 is 16.0 Å². The SMILES string of the molecule is O=C(NC(=S)Nc1cccc(C(=O)Nc2cccc(C(F)(F)F)c2)c1)c1cccc(Br)c1. The third kappa shape index (κ3) is 6.38. The highest BCUT2D eigenvalue weighted by Gasteiger charge is 2.30. The number of halogens is 4. The maximum atomic E-state index is 12.9. The van der Waals surface area contributed by atoms with E-state index in [4.69, 9.17) is 12.2 Å². The smallest absolute Gasteiger partial charge is 0.332 e. The number of carbonyl (C=O) groups is 2. The first-order chi connectivity index (χ1) is 15.1. The van der Waals surface area contributed by atoms with Crippen LogP contribution in [0.2, 0.25) is 0 Å². The minimum absolute atomic E-state index is 0.0139. The summed E-state index contributed by atoms with van der Waals surface area (Å²) in [5, 5.41) is 7.79. The molecule has 0 saturated carbocycles. The van der Waals surface area contributed by atoms with Crippen LogP contribution in [-0.4, -0.2) is 16.9 Å². The normalized spacial score (nSPS) is 10.9. The summed E-state index contributed by atoms with van der Waals surface area (Å²) < 4.78 is 39.3. The summed E-state index contributed by atoms with van der Waals surface area (Å²) in [5.74, 6) is -1.01. The lowest BCUT2D eigenvalue weighted by molar-refractivity contribution is -0.137. The molecule has 0 aromatic heterocycles. The predicted molar refractivity (Wildman–Crippen MR) is 124 cm³/mol. The third-order valence-corrected chi connectivity index (χ3v) is 4.84. The van der Waals surface area contributed by atoms with E-state index in [1.807, 2.05) is 0 Å². The van der Waals surface area contributed by atoms with Crippen molar-refractivity contribution in [1.29, 1.82) is 0 Å². The van der Waals surface area contributed by atoms with Gasteiger partial charge in [-0.1, -0.05) is 34.1 Å². The van der Waals surface area contributed by atoms with Crippen LogP contribution in [0.15, 0.2) is 77.3 Å². The van der Waals surface area contributed by atoms with Gasteiger partial charge in [0, 0.05) is 27.0 Å². The van der Waals surface area contributed by atoms with E-state index in [1.165, 1.54) is 24.3 Å². The summed E-state index contributed by atoms with van der Waals surface area (Å²) in [6.45, 7) is 0. The van der Waals surface area contributed by atoms with Crippen molar-refractivity contribution in [2.24, 2.45) is 0 Å². The summed E-state index contributed by atoms with van der Waals surface area (Å²) in [4.78, 5) is 24.8. The van der Waals surface area contributed by atoms with Gasteiger partial charge in [0.2, 0.25) is 0 Å². The number of amides is 2. The predicted octanol–water partition coefficient (Wildman–Crippen LogP) is 5.85. The van der Waals surface area contributed by atoms with E-state index in [0.29, 0.717) is 11.3 Å². The average molecular weight is 522 g/mol. The molecule has 3 aromatic rings. The number of anilines is 2. The van der Waals surface area contributed by atoms with E-state index in [2.05, 4.69) is 31.9 Å². The molecule has 0 aliphatic rings. The molecule has 0 atom stereocenters. The second-order valence-corrected chi connectivity index (χ2v) is 7.86. The Hall–Kier alpha value is -3.24. The van der Waals surface area contributed by atoms with Gasteiger partial charge in [0.25, 0.3) is 11.8 Å². The molecule has 0 heterocycles. The quantitative estimate of drug-likeness (QED) is 0.377. The van der Waals surface area contributed by atoms with Gasteiger partial charge in [-0.3, -0.25) is 14.9 Å². The molecule has 0 fully saturated rings. The minimum atomic E-state index is -4.51. The molecule has 32 heavy (non-hydrogen) atoms. The molecule has 0 aliphatic heterocycles. The first-order valence-electron chi connectivity index (χ1n) is 9.08. The zero-order chi connectivity index (χ0) is 23.3. The number of hydrogen-bond acceptors (Lipinski definition) is 3. The Kier molecular flexibility index (Phi) is 7.26. The van der Waals surface area contributed by atoms with Crippen molar-refractivity contribution in [1.82, 2.24) is 5.32 Å². The molecule has 0 saturated heterocycles. The van der Waals surface area contributed by atoms with Crippen molar-refractivity contribution in [3.05, 3.63) is 94.0 Å². The lowest BCUT2D eigenvalue weighted by atomic mass is 10.1. The molecular weight excluding hydrogens is 507 g/mol. The van der Waals surface area contributed by atoms with E-state index in [9.17, 15) is 22.8 Å². The molecule has 0 radical (unpaired) electrons. The van der Waals surface area contributed by atoms with Gasteiger partial charge < -0.3 is 10.6 Å². The third-order valence-electron chi connectivity index (χ3n) is 4.14. The Bertz CT molecular complexity index is 1180. The van der Waals surface area contributed by atoms with Crippen LogP contribution >= 0.6 is 28.1 Å². The molecule has 5 nitrogen and oxygen atoms in total. The zero-order valence-electron chi connectivity index (χ0n) is 16.2. The maximum absolute atomic E-state index is 12.9. The van der Waals surface area contributed by atoms with Crippen molar-refractivity contribution >= 4 is 56.4 Å². The van der Waals surface area contributed by atoms with Crippen LogP contribution in [0.3, 0.4) is 0 Å². The number of benzene rings is 3. The van der Waals surface area contributed by atoms with Gasteiger partial charge in [0.05, 0.1) is 5.56 Å². The Morgan fingerprint density at radius 2 is 1.38 bits per heavy atom. The van der Waals surface area contributed by atoms with Crippen molar-refractivity contribution < 1.29 is 22.8 Å². The topological polar surface area (TPSA) is 70.2 Å². The molecule has 0 aliphatic carbocycles. The van der Waals surface area contributed by atoms with Gasteiger partial charge in [-0.25, -0.2) is 0 Å². The van der Waals surface area contributed by atoms with Crippen molar-refractivity contribution in [3.63, 3.8) is 0 Å². The highest BCUT2D eigenvalue weighted by atomic mass is 79.9. The number of rotatable bonds is 4. The summed E-state index contributed by atoms with van der Waals surface area (Å²) >= 11 is 8.43. The first kappa shape index (κ1) is 23.4. The fourth-order valence-corrected chi connectivity index (χ4v) is 3.29. The van der Waals surface area contributed by atoms with Gasteiger partial charge in [-0.05, 0) is 66.8 Å². The Morgan fingerprint density at radius 3 is 2.03 bits per heavy atom. The Labute approximate surface area is 195 Å². The minimum Gasteiger partial charge on any atom is -0.332 e. The van der Waals surface area contributed by atoms with Crippen LogP contribution in [0.5, 0.6) is 0 Å². The lowest BCUT2D eigenvalue weighted by Gasteiger charge is -2.12. The van der Waals surface area contributed by atoms with E-state index in [1.54, 1.807) is 36.4 Å². The fourth-order valence-electron chi connectivity index (χ4n) is 2.68. The Balaban J connectivity index is 1.65. The van der Waals surface area contributed by atoms with E-state index >= 15 is 0 Å². The monoisotopic (exact) mass is 521 g/mol. The summed E-state index contributed by atoms with van der Waals surface area (Å²) in [6.07, 6.45) is -4.51. The molecule has 0 bridgehead atoms. The molecule has 3 N–H and O–H groups in total. The molecule has 0 unspecified atom stereocenters.